The monoisotopic (exact) mass is 193 g/mol. The quantitative estimate of drug-likeness (QED) is 0.610. The topological polar surface area (TPSA) is 55.4 Å². The Morgan fingerprint density at radius 3 is 2.58 bits per heavy atom. The number of sulfonamides is 1. The molecular formula is C7H15NO3S. The lowest BCUT2D eigenvalue weighted by Crippen LogP contribution is -2.29. The third kappa shape index (κ3) is 6.33. The van der Waals surface area contributed by atoms with Gasteiger partial charge in [-0.3, -0.25) is 0 Å². The Hall–Kier alpha value is -0.390. The van der Waals surface area contributed by atoms with Crippen LogP contribution in [0.5, 0.6) is 0 Å². The summed E-state index contributed by atoms with van der Waals surface area (Å²) in [4.78, 5) is 0. The maximum Gasteiger partial charge on any atom is 0.214 e. The van der Waals surface area contributed by atoms with Crippen LogP contribution in [0.15, 0.2) is 12.2 Å². The minimum absolute atomic E-state index is 0.00319. The fourth-order valence-corrected chi connectivity index (χ4v) is 1.50. The molecule has 0 aromatic rings. The summed E-state index contributed by atoms with van der Waals surface area (Å²) in [5, 5.41) is 0. The SMILES string of the molecule is C=C(C)CNS(=O)(=O)CCOC. The summed E-state index contributed by atoms with van der Waals surface area (Å²) in [6, 6.07) is 0. The van der Waals surface area contributed by atoms with Crippen molar-refractivity contribution in [2.45, 2.75) is 6.92 Å². The lowest BCUT2D eigenvalue weighted by molar-refractivity contribution is 0.217. The fraction of sp³-hybridized carbons (Fsp3) is 0.714. The highest BCUT2D eigenvalue weighted by Gasteiger charge is 2.07. The van der Waals surface area contributed by atoms with E-state index in [9.17, 15) is 8.42 Å². The molecule has 0 fully saturated rings. The second-order valence-corrected chi connectivity index (χ2v) is 4.52. The van der Waals surface area contributed by atoms with Gasteiger partial charge in [0.2, 0.25) is 10.0 Å². The number of hydrogen-bond donors (Lipinski definition) is 1. The molecule has 0 atom stereocenters. The van der Waals surface area contributed by atoms with Crippen LogP contribution in [0.1, 0.15) is 6.92 Å². The fourth-order valence-electron chi connectivity index (χ4n) is 0.498. The van der Waals surface area contributed by atoms with Crippen LogP contribution in [0, 0.1) is 0 Å². The van der Waals surface area contributed by atoms with Gasteiger partial charge in [-0.1, -0.05) is 12.2 Å². The van der Waals surface area contributed by atoms with Gasteiger partial charge < -0.3 is 4.74 Å². The van der Waals surface area contributed by atoms with E-state index in [0.29, 0.717) is 6.54 Å². The molecule has 4 nitrogen and oxygen atoms in total. The van der Waals surface area contributed by atoms with Gasteiger partial charge in [-0.15, -0.1) is 0 Å². The minimum Gasteiger partial charge on any atom is -0.384 e. The largest absolute Gasteiger partial charge is 0.384 e. The molecule has 0 heterocycles. The van der Waals surface area contributed by atoms with Crippen LogP contribution in [-0.4, -0.2) is 34.4 Å². The molecule has 5 heteroatoms. The van der Waals surface area contributed by atoms with Crippen molar-refractivity contribution in [1.29, 1.82) is 0 Å². The molecular weight excluding hydrogens is 178 g/mol. The summed E-state index contributed by atoms with van der Waals surface area (Å²) in [6.07, 6.45) is 0. The molecule has 0 aliphatic rings. The maximum atomic E-state index is 11.1. The maximum absolute atomic E-state index is 11.1. The average molecular weight is 193 g/mol. The first-order valence-corrected chi connectivity index (χ1v) is 5.24. The van der Waals surface area contributed by atoms with Crippen LogP contribution in [0.2, 0.25) is 0 Å². The van der Waals surface area contributed by atoms with E-state index < -0.39 is 10.0 Å². The van der Waals surface area contributed by atoms with Gasteiger partial charge in [0.15, 0.2) is 0 Å². The molecule has 0 aliphatic carbocycles. The van der Waals surface area contributed by atoms with Crippen molar-refractivity contribution in [3.8, 4) is 0 Å². The van der Waals surface area contributed by atoms with Crippen molar-refractivity contribution < 1.29 is 13.2 Å². The Labute approximate surface area is 73.7 Å². The van der Waals surface area contributed by atoms with E-state index in [2.05, 4.69) is 16.0 Å². The Morgan fingerprint density at radius 2 is 2.17 bits per heavy atom. The van der Waals surface area contributed by atoms with E-state index in [1.165, 1.54) is 7.11 Å². The molecule has 0 spiro atoms. The zero-order chi connectivity index (χ0) is 9.61. The molecule has 0 unspecified atom stereocenters. The summed E-state index contributed by atoms with van der Waals surface area (Å²) in [6.45, 7) is 5.85. The molecule has 0 aliphatic heterocycles. The Kier molecular flexibility index (Phi) is 5.12. The van der Waals surface area contributed by atoms with Gasteiger partial charge in [0.05, 0.1) is 12.4 Å². The zero-order valence-corrected chi connectivity index (χ0v) is 8.28. The van der Waals surface area contributed by atoms with Crippen LogP contribution in [0.3, 0.4) is 0 Å². The van der Waals surface area contributed by atoms with Crippen LogP contribution in [0.25, 0.3) is 0 Å². The van der Waals surface area contributed by atoms with Crippen LogP contribution < -0.4 is 4.72 Å². The predicted octanol–water partition coefficient (Wildman–Crippen LogP) is 0.128. The van der Waals surface area contributed by atoms with Gasteiger partial charge in [-0.2, -0.15) is 0 Å². The van der Waals surface area contributed by atoms with E-state index in [-0.39, 0.29) is 12.4 Å². The van der Waals surface area contributed by atoms with Crippen LogP contribution in [-0.2, 0) is 14.8 Å². The number of hydrogen-bond acceptors (Lipinski definition) is 3. The normalized spacial score (nSPS) is 11.5. The van der Waals surface area contributed by atoms with E-state index >= 15 is 0 Å². The summed E-state index contributed by atoms with van der Waals surface area (Å²) >= 11 is 0. The minimum atomic E-state index is -3.17. The smallest absolute Gasteiger partial charge is 0.214 e. The van der Waals surface area contributed by atoms with Crippen molar-refractivity contribution in [2.24, 2.45) is 0 Å². The Balaban J connectivity index is 3.80. The summed E-state index contributed by atoms with van der Waals surface area (Å²) in [7, 11) is -1.71. The predicted molar refractivity (Wildman–Crippen MR) is 48.5 cm³/mol. The van der Waals surface area contributed by atoms with Crippen molar-refractivity contribution in [3.63, 3.8) is 0 Å². The van der Waals surface area contributed by atoms with Crippen LogP contribution in [0.4, 0.5) is 0 Å². The molecule has 0 radical (unpaired) electrons. The summed E-state index contributed by atoms with van der Waals surface area (Å²) in [5.41, 5.74) is 0.788. The first-order valence-electron chi connectivity index (χ1n) is 3.58. The standard InChI is InChI=1S/C7H15NO3S/c1-7(2)6-8-12(9,10)5-4-11-3/h8H,1,4-6H2,2-3H3. The van der Waals surface area contributed by atoms with Gasteiger partial charge in [0.25, 0.3) is 0 Å². The Bertz CT molecular complexity index is 233. The highest BCUT2D eigenvalue weighted by Crippen LogP contribution is 1.88. The number of nitrogens with one attached hydrogen (secondary N) is 1. The molecule has 12 heavy (non-hydrogen) atoms. The van der Waals surface area contributed by atoms with Crippen molar-refractivity contribution >= 4 is 10.0 Å². The van der Waals surface area contributed by atoms with Gasteiger partial charge >= 0.3 is 0 Å². The molecule has 72 valence electrons. The molecule has 0 amide bonds. The highest BCUT2D eigenvalue weighted by molar-refractivity contribution is 7.89. The highest BCUT2D eigenvalue weighted by atomic mass is 32.2. The third-order valence-electron chi connectivity index (χ3n) is 1.15. The van der Waals surface area contributed by atoms with Crippen molar-refractivity contribution in [2.75, 3.05) is 26.0 Å². The second-order valence-electron chi connectivity index (χ2n) is 2.59. The van der Waals surface area contributed by atoms with Gasteiger partial charge in [0.1, 0.15) is 0 Å². The van der Waals surface area contributed by atoms with Gasteiger partial charge in [-0.25, -0.2) is 13.1 Å². The zero-order valence-electron chi connectivity index (χ0n) is 7.46. The van der Waals surface area contributed by atoms with Crippen molar-refractivity contribution in [3.05, 3.63) is 12.2 Å². The first-order chi connectivity index (χ1) is 5.48. The number of methoxy groups -OCH3 is 1. The summed E-state index contributed by atoms with van der Waals surface area (Å²) in [5.74, 6) is -0.00319. The molecule has 0 saturated heterocycles. The lowest BCUT2D eigenvalue weighted by Gasteiger charge is -2.04. The molecule has 0 aromatic carbocycles. The molecule has 0 bridgehead atoms. The van der Waals surface area contributed by atoms with Gasteiger partial charge in [-0.05, 0) is 6.92 Å². The lowest BCUT2D eigenvalue weighted by atomic mass is 10.4. The van der Waals surface area contributed by atoms with E-state index in [1.807, 2.05) is 0 Å². The number of rotatable bonds is 6. The van der Waals surface area contributed by atoms with E-state index in [1.54, 1.807) is 6.92 Å². The molecule has 1 N–H and O–H groups in total. The van der Waals surface area contributed by atoms with Gasteiger partial charge in [0, 0.05) is 13.7 Å². The second kappa shape index (κ2) is 5.29. The number of ether oxygens (including phenoxy) is 1. The molecule has 0 rings (SSSR count). The molecule has 0 saturated carbocycles. The van der Waals surface area contributed by atoms with Crippen molar-refractivity contribution in [1.82, 2.24) is 4.72 Å². The van der Waals surface area contributed by atoms with E-state index in [4.69, 9.17) is 0 Å². The third-order valence-corrected chi connectivity index (χ3v) is 2.44. The molecule has 0 aromatic heterocycles. The Morgan fingerprint density at radius 1 is 1.58 bits per heavy atom. The van der Waals surface area contributed by atoms with E-state index in [0.717, 1.165) is 5.57 Å². The summed E-state index contributed by atoms with van der Waals surface area (Å²) < 4.78 is 29.2. The average Bonchev–Trinajstić information content (AvgIpc) is 1.98. The first kappa shape index (κ1) is 11.6. The van der Waals surface area contributed by atoms with Crippen LogP contribution >= 0.6 is 0 Å².